The van der Waals surface area contributed by atoms with E-state index < -0.39 is 10.1 Å². The van der Waals surface area contributed by atoms with Gasteiger partial charge in [-0.3, -0.25) is 9.35 Å². The van der Waals surface area contributed by atoms with Crippen molar-refractivity contribution >= 4 is 16.0 Å². The Morgan fingerprint density at radius 2 is 1.86 bits per heavy atom. The van der Waals surface area contributed by atoms with Crippen molar-refractivity contribution in [1.29, 1.82) is 0 Å². The first-order valence-corrected chi connectivity index (χ1v) is 9.67. The molecule has 5 nitrogen and oxygen atoms in total. The number of amides is 1. The Morgan fingerprint density at radius 3 is 2.36 bits per heavy atom. The van der Waals surface area contributed by atoms with Crippen LogP contribution in [0.15, 0.2) is 12.2 Å². The van der Waals surface area contributed by atoms with Gasteiger partial charge in [-0.2, -0.15) is 8.42 Å². The molecule has 0 rings (SSSR count). The molecule has 2 atom stereocenters. The third-order valence-corrected chi connectivity index (χ3v) is 4.87. The van der Waals surface area contributed by atoms with Gasteiger partial charge in [-0.25, -0.2) is 0 Å². The van der Waals surface area contributed by atoms with Crippen LogP contribution in [-0.4, -0.2) is 31.2 Å². The normalized spacial score (nSPS) is 14.4. The number of hydrogen-bond donors (Lipinski definition) is 2. The molecule has 2 unspecified atom stereocenters. The standard InChI is InChI=1S/C16H31NO4S/c1-5-15(10-8-12-22(19,20)21)14(4)9-6-7-11-17-16(18)13(2)3/h14-15H,2,5-12H2,1,3-4H3,(H,17,18)(H,19,20,21). The van der Waals surface area contributed by atoms with Crippen LogP contribution < -0.4 is 5.32 Å². The summed E-state index contributed by atoms with van der Waals surface area (Å²) in [5.74, 6) is 0.753. The Bertz CT molecular complexity index is 445. The average Bonchev–Trinajstić information content (AvgIpc) is 2.41. The van der Waals surface area contributed by atoms with Gasteiger partial charge < -0.3 is 5.32 Å². The van der Waals surface area contributed by atoms with Crippen molar-refractivity contribution in [3.05, 3.63) is 12.2 Å². The Labute approximate surface area is 135 Å². The third kappa shape index (κ3) is 10.8. The summed E-state index contributed by atoms with van der Waals surface area (Å²) < 4.78 is 30.2. The first-order chi connectivity index (χ1) is 10.2. The van der Waals surface area contributed by atoms with Crippen LogP contribution in [-0.2, 0) is 14.9 Å². The highest BCUT2D eigenvalue weighted by atomic mass is 32.2. The number of carbonyl (C=O) groups is 1. The van der Waals surface area contributed by atoms with Crippen LogP contribution in [0, 0.1) is 11.8 Å². The van der Waals surface area contributed by atoms with Crippen molar-refractivity contribution in [1.82, 2.24) is 5.32 Å². The summed E-state index contributed by atoms with van der Waals surface area (Å²) in [6.45, 7) is 10.2. The molecular weight excluding hydrogens is 302 g/mol. The number of hydrogen-bond acceptors (Lipinski definition) is 3. The van der Waals surface area contributed by atoms with Crippen LogP contribution in [0.3, 0.4) is 0 Å². The fraction of sp³-hybridized carbons (Fsp3) is 0.812. The van der Waals surface area contributed by atoms with E-state index in [9.17, 15) is 13.2 Å². The predicted molar refractivity (Wildman–Crippen MR) is 90.3 cm³/mol. The quantitative estimate of drug-likeness (QED) is 0.326. The van der Waals surface area contributed by atoms with Crippen LogP contribution in [0.2, 0.25) is 0 Å². The van der Waals surface area contributed by atoms with Gasteiger partial charge >= 0.3 is 0 Å². The fourth-order valence-corrected chi connectivity index (χ4v) is 3.13. The Balaban J connectivity index is 3.89. The van der Waals surface area contributed by atoms with Crippen LogP contribution in [0.1, 0.15) is 59.3 Å². The first kappa shape index (κ1) is 21.1. The molecule has 130 valence electrons. The lowest BCUT2D eigenvalue weighted by molar-refractivity contribution is -0.117. The molecule has 0 aliphatic rings. The summed E-state index contributed by atoms with van der Waals surface area (Å²) in [6.07, 6.45) is 5.38. The first-order valence-electron chi connectivity index (χ1n) is 8.06. The molecule has 22 heavy (non-hydrogen) atoms. The molecule has 0 saturated heterocycles. The maximum absolute atomic E-state index is 11.3. The molecule has 0 aromatic rings. The second-order valence-corrected chi connectivity index (χ2v) is 7.68. The lowest BCUT2D eigenvalue weighted by Gasteiger charge is -2.22. The van der Waals surface area contributed by atoms with E-state index in [1.165, 1.54) is 0 Å². The van der Waals surface area contributed by atoms with Crippen molar-refractivity contribution in [2.75, 3.05) is 12.3 Å². The Hall–Kier alpha value is -0.880. The van der Waals surface area contributed by atoms with Gasteiger partial charge in [0, 0.05) is 12.1 Å². The predicted octanol–water partition coefficient (Wildman–Crippen LogP) is 3.18. The van der Waals surface area contributed by atoms with Crippen molar-refractivity contribution in [2.24, 2.45) is 11.8 Å². The smallest absolute Gasteiger partial charge is 0.264 e. The number of carbonyl (C=O) groups excluding carboxylic acids is 1. The average molecular weight is 333 g/mol. The lowest BCUT2D eigenvalue weighted by Crippen LogP contribution is -2.24. The molecule has 0 fully saturated rings. The summed E-state index contributed by atoms with van der Waals surface area (Å²) in [6, 6.07) is 0. The molecular formula is C16H31NO4S. The molecule has 0 aromatic heterocycles. The highest BCUT2D eigenvalue weighted by molar-refractivity contribution is 7.85. The van der Waals surface area contributed by atoms with Crippen molar-refractivity contribution in [3.8, 4) is 0 Å². The van der Waals surface area contributed by atoms with Crippen molar-refractivity contribution in [2.45, 2.75) is 59.3 Å². The van der Waals surface area contributed by atoms with Crippen LogP contribution >= 0.6 is 0 Å². The topological polar surface area (TPSA) is 83.5 Å². The van der Waals surface area contributed by atoms with Gasteiger partial charge in [0.2, 0.25) is 5.91 Å². The van der Waals surface area contributed by atoms with Gasteiger partial charge in [-0.15, -0.1) is 0 Å². The molecule has 0 spiro atoms. The van der Waals surface area contributed by atoms with Gasteiger partial charge in [0.05, 0.1) is 5.75 Å². The summed E-state index contributed by atoms with van der Waals surface area (Å²) in [4.78, 5) is 11.3. The zero-order valence-electron chi connectivity index (χ0n) is 14.1. The molecule has 0 aromatic carbocycles. The maximum atomic E-state index is 11.3. The van der Waals surface area contributed by atoms with Gasteiger partial charge in [0.15, 0.2) is 0 Å². The van der Waals surface area contributed by atoms with Gasteiger partial charge in [0.1, 0.15) is 0 Å². The summed E-state index contributed by atoms with van der Waals surface area (Å²) in [5.41, 5.74) is 0.526. The van der Waals surface area contributed by atoms with Gasteiger partial charge in [0.25, 0.3) is 10.1 Å². The lowest BCUT2D eigenvalue weighted by atomic mass is 9.84. The molecule has 2 N–H and O–H groups in total. The van der Waals surface area contributed by atoms with Crippen LogP contribution in [0.5, 0.6) is 0 Å². The Morgan fingerprint density at radius 1 is 1.23 bits per heavy atom. The summed E-state index contributed by atoms with van der Waals surface area (Å²) in [7, 11) is -3.84. The van der Waals surface area contributed by atoms with E-state index in [-0.39, 0.29) is 11.7 Å². The number of nitrogens with one attached hydrogen (secondary N) is 1. The van der Waals surface area contributed by atoms with E-state index in [2.05, 4.69) is 25.7 Å². The van der Waals surface area contributed by atoms with Crippen molar-refractivity contribution < 1.29 is 17.8 Å². The number of rotatable bonds is 12. The maximum Gasteiger partial charge on any atom is 0.264 e. The van der Waals surface area contributed by atoms with E-state index in [1.54, 1.807) is 6.92 Å². The highest BCUT2D eigenvalue weighted by Crippen LogP contribution is 2.25. The second kappa shape index (κ2) is 10.8. The monoisotopic (exact) mass is 333 g/mol. The molecule has 0 saturated carbocycles. The zero-order valence-corrected chi connectivity index (χ0v) is 14.9. The van der Waals surface area contributed by atoms with E-state index >= 15 is 0 Å². The van der Waals surface area contributed by atoms with Crippen molar-refractivity contribution in [3.63, 3.8) is 0 Å². The van der Waals surface area contributed by atoms with Gasteiger partial charge in [-0.05, 0) is 38.0 Å². The van der Waals surface area contributed by atoms with E-state index in [0.717, 1.165) is 32.1 Å². The molecule has 6 heteroatoms. The summed E-state index contributed by atoms with van der Waals surface area (Å²) in [5, 5.41) is 2.82. The number of unbranched alkanes of at least 4 members (excludes halogenated alkanes) is 1. The van der Waals surface area contributed by atoms with Gasteiger partial charge in [-0.1, -0.05) is 39.7 Å². The van der Waals surface area contributed by atoms with Crippen LogP contribution in [0.25, 0.3) is 0 Å². The molecule has 0 aliphatic heterocycles. The SMILES string of the molecule is C=C(C)C(=O)NCCCCC(C)C(CC)CCCS(=O)(=O)O. The zero-order chi connectivity index (χ0) is 17.2. The van der Waals surface area contributed by atoms with E-state index in [0.29, 0.717) is 30.4 Å². The minimum Gasteiger partial charge on any atom is -0.352 e. The van der Waals surface area contributed by atoms with E-state index in [1.807, 2.05) is 0 Å². The summed E-state index contributed by atoms with van der Waals surface area (Å²) >= 11 is 0. The highest BCUT2D eigenvalue weighted by Gasteiger charge is 2.16. The minimum atomic E-state index is -3.84. The molecule has 0 bridgehead atoms. The largest absolute Gasteiger partial charge is 0.352 e. The fourth-order valence-electron chi connectivity index (χ4n) is 2.60. The second-order valence-electron chi connectivity index (χ2n) is 6.11. The Kier molecular flexibility index (Phi) is 10.3. The molecule has 0 radical (unpaired) electrons. The third-order valence-electron chi connectivity index (χ3n) is 4.07. The molecule has 0 aliphatic carbocycles. The minimum absolute atomic E-state index is 0.0929. The van der Waals surface area contributed by atoms with E-state index in [4.69, 9.17) is 4.55 Å². The molecule has 0 heterocycles. The van der Waals surface area contributed by atoms with Crippen LogP contribution in [0.4, 0.5) is 0 Å². The molecule has 1 amide bonds.